The molecule has 7 nitrogen and oxygen atoms in total. The maximum absolute atomic E-state index is 12.1. The molecule has 0 radical (unpaired) electrons. The number of esters is 1. The molecule has 1 amide bonds. The van der Waals surface area contributed by atoms with Crippen molar-refractivity contribution in [1.29, 1.82) is 10.5 Å². The summed E-state index contributed by atoms with van der Waals surface area (Å²) in [6, 6.07) is 10.5. The minimum absolute atomic E-state index is 0.0500. The van der Waals surface area contributed by atoms with Crippen molar-refractivity contribution >= 4 is 17.6 Å². The number of carbonyl (C=O) groups is 2. The lowest BCUT2D eigenvalue weighted by Gasteiger charge is -2.20. The molecule has 0 saturated carbocycles. The number of hydrogen-bond donors (Lipinski definition) is 1. The summed E-state index contributed by atoms with van der Waals surface area (Å²) >= 11 is 0. The van der Waals surface area contributed by atoms with Crippen LogP contribution in [-0.2, 0) is 9.53 Å². The Kier molecular flexibility index (Phi) is 7.67. The average Bonchev–Trinajstić information content (AvgIpc) is 2.59. The highest BCUT2D eigenvalue weighted by atomic mass is 16.5. The lowest BCUT2D eigenvalue weighted by atomic mass is 10.2. The highest BCUT2D eigenvalue weighted by molar-refractivity contribution is 5.89. The molecule has 0 aliphatic carbocycles. The van der Waals surface area contributed by atoms with E-state index < -0.39 is 5.97 Å². The van der Waals surface area contributed by atoms with Gasteiger partial charge in [0.1, 0.15) is 0 Å². The number of amides is 1. The Morgan fingerprint density at radius 2 is 1.70 bits per heavy atom. The number of rotatable bonds is 8. The second-order valence-electron chi connectivity index (χ2n) is 4.62. The van der Waals surface area contributed by atoms with E-state index in [2.05, 4.69) is 10.1 Å². The lowest BCUT2D eigenvalue weighted by Crippen LogP contribution is -2.36. The van der Waals surface area contributed by atoms with Crippen molar-refractivity contribution in [2.45, 2.75) is 12.8 Å². The third-order valence-electron chi connectivity index (χ3n) is 3.09. The summed E-state index contributed by atoms with van der Waals surface area (Å²) in [7, 11) is 1.31. The van der Waals surface area contributed by atoms with Crippen LogP contribution in [0.1, 0.15) is 23.2 Å². The van der Waals surface area contributed by atoms with E-state index in [9.17, 15) is 9.59 Å². The molecule has 0 aliphatic rings. The number of benzene rings is 1. The molecule has 0 unspecified atom stereocenters. The van der Waals surface area contributed by atoms with Gasteiger partial charge in [-0.15, -0.1) is 0 Å². The van der Waals surface area contributed by atoms with E-state index in [0.29, 0.717) is 24.3 Å². The molecule has 1 N–H and O–H groups in total. The minimum Gasteiger partial charge on any atom is -0.465 e. The second kappa shape index (κ2) is 9.80. The number of ether oxygens (including phenoxy) is 1. The lowest BCUT2D eigenvalue weighted by molar-refractivity contribution is -0.129. The predicted molar refractivity (Wildman–Crippen MR) is 83.3 cm³/mol. The number of hydrogen-bond acceptors (Lipinski definition) is 6. The van der Waals surface area contributed by atoms with Gasteiger partial charge in [0, 0.05) is 18.8 Å². The van der Waals surface area contributed by atoms with Gasteiger partial charge in [-0.05, 0) is 24.3 Å². The van der Waals surface area contributed by atoms with Crippen molar-refractivity contribution in [2.75, 3.05) is 32.1 Å². The van der Waals surface area contributed by atoms with E-state index >= 15 is 0 Å². The maximum Gasteiger partial charge on any atom is 0.337 e. The molecular weight excluding hydrogens is 296 g/mol. The molecule has 23 heavy (non-hydrogen) atoms. The first-order valence-corrected chi connectivity index (χ1v) is 7.06. The van der Waals surface area contributed by atoms with Gasteiger partial charge < -0.3 is 15.0 Å². The topological polar surface area (TPSA) is 106 Å². The summed E-state index contributed by atoms with van der Waals surface area (Å²) in [6.45, 7) is 0.661. The van der Waals surface area contributed by atoms with E-state index in [1.165, 1.54) is 12.0 Å². The molecule has 0 aliphatic heterocycles. The monoisotopic (exact) mass is 314 g/mol. The van der Waals surface area contributed by atoms with Crippen LogP contribution < -0.4 is 5.32 Å². The first-order valence-electron chi connectivity index (χ1n) is 7.06. The van der Waals surface area contributed by atoms with Crippen molar-refractivity contribution in [3.63, 3.8) is 0 Å². The van der Waals surface area contributed by atoms with Gasteiger partial charge >= 0.3 is 5.97 Å². The van der Waals surface area contributed by atoms with Crippen molar-refractivity contribution in [2.24, 2.45) is 0 Å². The molecule has 0 spiro atoms. The fourth-order valence-corrected chi connectivity index (χ4v) is 1.86. The van der Waals surface area contributed by atoms with E-state index in [1.807, 2.05) is 12.1 Å². The SMILES string of the molecule is COC(=O)c1ccc(NCC(=O)N(CCC#N)CCC#N)cc1. The van der Waals surface area contributed by atoms with Gasteiger partial charge in [0.15, 0.2) is 0 Å². The van der Waals surface area contributed by atoms with Crippen LogP contribution in [-0.4, -0.2) is 43.5 Å². The van der Waals surface area contributed by atoms with E-state index in [4.69, 9.17) is 10.5 Å². The van der Waals surface area contributed by atoms with Crippen molar-refractivity contribution in [1.82, 2.24) is 4.90 Å². The van der Waals surface area contributed by atoms with E-state index in [1.54, 1.807) is 24.3 Å². The Hall–Kier alpha value is -3.06. The average molecular weight is 314 g/mol. The predicted octanol–water partition coefficient (Wildman–Crippen LogP) is 1.54. The largest absolute Gasteiger partial charge is 0.465 e. The van der Waals surface area contributed by atoms with Crippen molar-refractivity contribution in [3.05, 3.63) is 29.8 Å². The normalized spacial score (nSPS) is 9.35. The third-order valence-corrected chi connectivity index (χ3v) is 3.09. The summed E-state index contributed by atoms with van der Waals surface area (Å²) in [5.41, 5.74) is 1.11. The quantitative estimate of drug-likeness (QED) is 0.729. The zero-order valence-corrected chi connectivity index (χ0v) is 12.9. The molecule has 0 atom stereocenters. The highest BCUT2D eigenvalue weighted by Crippen LogP contribution is 2.10. The van der Waals surface area contributed by atoms with Crippen LogP contribution in [0.4, 0.5) is 5.69 Å². The minimum atomic E-state index is -0.424. The summed E-state index contributed by atoms with van der Waals surface area (Å²) < 4.78 is 4.61. The van der Waals surface area contributed by atoms with E-state index in [-0.39, 0.29) is 25.3 Å². The molecule has 0 heterocycles. The highest BCUT2D eigenvalue weighted by Gasteiger charge is 2.12. The van der Waals surface area contributed by atoms with Gasteiger partial charge in [0.25, 0.3) is 0 Å². The smallest absolute Gasteiger partial charge is 0.337 e. The van der Waals surface area contributed by atoms with Gasteiger partial charge in [0.05, 0.1) is 44.2 Å². The number of nitrogens with zero attached hydrogens (tertiary/aromatic N) is 3. The van der Waals surface area contributed by atoms with Crippen molar-refractivity contribution in [3.8, 4) is 12.1 Å². The Morgan fingerprint density at radius 1 is 1.13 bits per heavy atom. The second-order valence-corrected chi connectivity index (χ2v) is 4.62. The van der Waals surface area contributed by atoms with Crippen LogP contribution in [0.5, 0.6) is 0 Å². The zero-order chi connectivity index (χ0) is 17.1. The van der Waals surface area contributed by atoms with Crippen LogP contribution in [0.2, 0.25) is 0 Å². The van der Waals surface area contributed by atoms with Crippen LogP contribution >= 0.6 is 0 Å². The molecule has 0 fully saturated rings. The Labute approximate surface area is 135 Å². The molecule has 0 aromatic heterocycles. The molecule has 0 saturated heterocycles. The summed E-state index contributed by atoms with van der Waals surface area (Å²) in [5, 5.41) is 20.2. The van der Waals surface area contributed by atoms with Gasteiger partial charge in [0.2, 0.25) is 5.91 Å². The first-order chi connectivity index (χ1) is 11.1. The third kappa shape index (κ3) is 6.06. The number of nitrogens with one attached hydrogen (secondary N) is 1. The first kappa shape index (κ1) is 18.0. The number of nitriles is 2. The fraction of sp³-hybridized carbons (Fsp3) is 0.375. The Bertz CT molecular complexity index is 596. The Balaban J connectivity index is 2.57. The zero-order valence-electron chi connectivity index (χ0n) is 12.9. The maximum atomic E-state index is 12.1. The van der Waals surface area contributed by atoms with Gasteiger partial charge in [-0.2, -0.15) is 10.5 Å². The van der Waals surface area contributed by atoms with Gasteiger partial charge in [-0.25, -0.2) is 4.79 Å². The van der Waals surface area contributed by atoms with Crippen LogP contribution in [0, 0.1) is 22.7 Å². The number of methoxy groups -OCH3 is 1. The number of anilines is 1. The molecule has 0 bridgehead atoms. The molecule has 1 aromatic rings. The molecule has 1 rings (SSSR count). The Morgan fingerprint density at radius 3 is 2.17 bits per heavy atom. The summed E-state index contributed by atoms with van der Waals surface area (Å²) in [4.78, 5) is 24.9. The molecule has 120 valence electrons. The number of carbonyl (C=O) groups excluding carboxylic acids is 2. The molecular formula is C16H18N4O3. The molecule has 7 heteroatoms. The summed E-state index contributed by atoms with van der Waals surface area (Å²) in [5.74, 6) is -0.612. The van der Waals surface area contributed by atoms with Crippen LogP contribution in [0.25, 0.3) is 0 Å². The van der Waals surface area contributed by atoms with Crippen molar-refractivity contribution < 1.29 is 14.3 Å². The van der Waals surface area contributed by atoms with Crippen LogP contribution in [0.3, 0.4) is 0 Å². The summed E-state index contributed by atoms with van der Waals surface area (Å²) in [6.07, 6.45) is 0.454. The van der Waals surface area contributed by atoms with E-state index in [0.717, 1.165) is 0 Å². The van der Waals surface area contributed by atoms with Crippen LogP contribution in [0.15, 0.2) is 24.3 Å². The standard InChI is InChI=1S/C16H18N4O3/c1-23-16(22)13-4-6-14(7-5-13)19-12-15(21)20(10-2-8-17)11-3-9-18/h4-7,19H,2-3,10-12H2,1H3. The molecule has 1 aromatic carbocycles. The fourth-order valence-electron chi connectivity index (χ4n) is 1.86. The van der Waals surface area contributed by atoms with Gasteiger partial charge in [-0.1, -0.05) is 0 Å². The van der Waals surface area contributed by atoms with Gasteiger partial charge in [-0.3, -0.25) is 4.79 Å².